The molecule has 1 unspecified atom stereocenters. The Morgan fingerprint density at radius 1 is 1.19 bits per heavy atom. The lowest BCUT2D eigenvalue weighted by Gasteiger charge is -2.24. The second kappa shape index (κ2) is 7.83. The van der Waals surface area contributed by atoms with Crippen LogP contribution in [0.4, 0.5) is 0 Å². The summed E-state index contributed by atoms with van der Waals surface area (Å²) in [4.78, 5) is 34.6. The fourth-order valence-corrected chi connectivity index (χ4v) is 2.29. The highest BCUT2D eigenvalue weighted by Gasteiger charge is 2.32. The van der Waals surface area contributed by atoms with E-state index in [0.717, 1.165) is 0 Å². The maximum absolute atomic E-state index is 11.8. The van der Waals surface area contributed by atoms with E-state index in [-0.39, 0.29) is 23.2 Å². The van der Waals surface area contributed by atoms with E-state index in [1.165, 1.54) is 18.7 Å². The third kappa shape index (κ3) is 5.23. The number of Topliss-reactive ketones (excluding diaryl/α,β-unsaturated/α-hetero) is 1. The number of nitrogens with one attached hydrogen (secondary N) is 1. The van der Waals surface area contributed by atoms with Gasteiger partial charge in [0, 0.05) is 5.56 Å². The molecule has 2 N–H and O–H groups in total. The SMILES string of the molecule is CCC(C)(NC(=O)CSCC(=O)c1ccccc1)C(=O)O. The summed E-state index contributed by atoms with van der Waals surface area (Å²) in [5, 5.41) is 11.6. The van der Waals surface area contributed by atoms with Gasteiger partial charge in [-0.3, -0.25) is 9.59 Å². The van der Waals surface area contributed by atoms with Crippen LogP contribution in [-0.2, 0) is 9.59 Å². The molecule has 0 radical (unpaired) electrons. The van der Waals surface area contributed by atoms with Crippen LogP contribution in [0.1, 0.15) is 30.6 Å². The van der Waals surface area contributed by atoms with Crippen molar-refractivity contribution < 1.29 is 19.5 Å². The molecule has 0 bridgehead atoms. The summed E-state index contributed by atoms with van der Waals surface area (Å²) < 4.78 is 0. The molecule has 0 spiro atoms. The van der Waals surface area contributed by atoms with Crippen LogP contribution >= 0.6 is 11.8 Å². The maximum Gasteiger partial charge on any atom is 0.329 e. The summed E-state index contributed by atoms with van der Waals surface area (Å²) in [5.74, 6) is -1.25. The average Bonchev–Trinajstić information content (AvgIpc) is 2.47. The number of hydrogen-bond acceptors (Lipinski definition) is 4. The van der Waals surface area contributed by atoms with E-state index in [1.807, 2.05) is 6.07 Å². The van der Waals surface area contributed by atoms with E-state index in [9.17, 15) is 14.4 Å². The summed E-state index contributed by atoms with van der Waals surface area (Å²) in [6, 6.07) is 8.84. The lowest BCUT2D eigenvalue weighted by atomic mass is 9.99. The monoisotopic (exact) mass is 309 g/mol. The molecule has 1 aromatic carbocycles. The Balaban J connectivity index is 2.41. The van der Waals surface area contributed by atoms with Gasteiger partial charge in [-0.25, -0.2) is 4.79 Å². The van der Waals surface area contributed by atoms with E-state index in [1.54, 1.807) is 31.2 Å². The van der Waals surface area contributed by atoms with Crippen molar-refractivity contribution in [1.82, 2.24) is 5.32 Å². The number of carboxylic acids is 1. The highest BCUT2D eigenvalue weighted by Crippen LogP contribution is 2.11. The summed E-state index contributed by atoms with van der Waals surface area (Å²) in [6.07, 6.45) is 0.293. The van der Waals surface area contributed by atoms with E-state index in [4.69, 9.17) is 5.11 Å². The molecule has 21 heavy (non-hydrogen) atoms. The van der Waals surface area contributed by atoms with Crippen LogP contribution in [0.5, 0.6) is 0 Å². The number of carbonyl (C=O) groups excluding carboxylic acids is 2. The summed E-state index contributed by atoms with van der Waals surface area (Å²) >= 11 is 1.17. The highest BCUT2D eigenvalue weighted by atomic mass is 32.2. The standard InChI is InChI=1S/C15H19NO4S/c1-3-15(2,14(19)20)16-13(18)10-21-9-12(17)11-7-5-4-6-8-11/h4-8H,3,9-10H2,1-2H3,(H,16,18)(H,19,20). The van der Waals surface area contributed by atoms with Crippen molar-refractivity contribution in [2.75, 3.05) is 11.5 Å². The van der Waals surface area contributed by atoms with Gasteiger partial charge in [0.25, 0.3) is 0 Å². The van der Waals surface area contributed by atoms with Crippen LogP contribution in [0.25, 0.3) is 0 Å². The number of benzene rings is 1. The minimum Gasteiger partial charge on any atom is -0.480 e. The van der Waals surface area contributed by atoms with Gasteiger partial charge in [0.1, 0.15) is 5.54 Å². The Morgan fingerprint density at radius 2 is 1.81 bits per heavy atom. The highest BCUT2D eigenvalue weighted by molar-refractivity contribution is 8.00. The molecule has 0 aromatic heterocycles. The van der Waals surface area contributed by atoms with Gasteiger partial charge in [-0.2, -0.15) is 0 Å². The largest absolute Gasteiger partial charge is 0.480 e. The lowest BCUT2D eigenvalue weighted by molar-refractivity contribution is -0.146. The molecule has 0 aliphatic rings. The van der Waals surface area contributed by atoms with Gasteiger partial charge >= 0.3 is 5.97 Å². The number of rotatable bonds is 8. The van der Waals surface area contributed by atoms with Gasteiger partial charge in [0.05, 0.1) is 11.5 Å². The minimum atomic E-state index is -1.26. The second-order valence-electron chi connectivity index (χ2n) is 4.82. The Morgan fingerprint density at radius 3 is 2.33 bits per heavy atom. The van der Waals surface area contributed by atoms with Crippen LogP contribution in [0.3, 0.4) is 0 Å². The predicted molar refractivity (Wildman–Crippen MR) is 82.6 cm³/mol. The van der Waals surface area contributed by atoms with Gasteiger partial charge in [0.15, 0.2) is 5.78 Å². The van der Waals surface area contributed by atoms with Gasteiger partial charge in [-0.05, 0) is 13.3 Å². The van der Waals surface area contributed by atoms with Gasteiger partial charge in [-0.15, -0.1) is 11.8 Å². The molecule has 5 nitrogen and oxygen atoms in total. The van der Waals surface area contributed by atoms with Crippen molar-refractivity contribution in [3.8, 4) is 0 Å². The maximum atomic E-state index is 11.8. The summed E-state index contributed by atoms with van der Waals surface area (Å²) in [5.41, 5.74) is -0.657. The molecule has 0 heterocycles. The smallest absolute Gasteiger partial charge is 0.329 e. The zero-order valence-electron chi connectivity index (χ0n) is 12.1. The molecule has 0 saturated carbocycles. The molecule has 6 heteroatoms. The molecule has 0 aliphatic heterocycles. The number of carbonyl (C=O) groups is 3. The first-order chi connectivity index (χ1) is 9.89. The van der Waals surface area contributed by atoms with Crippen molar-refractivity contribution in [3.05, 3.63) is 35.9 Å². The van der Waals surface area contributed by atoms with E-state index in [2.05, 4.69) is 5.32 Å². The molecule has 1 rings (SSSR count). The van der Waals surface area contributed by atoms with Crippen LogP contribution in [0.15, 0.2) is 30.3 Å². The Bertz CT molecular complexity index is 518. The molecule has 1 aromatic rings. The normalized spacial score (nSPS) is 13.2. The fraction of sp³-hybridized carbons (Fsp3) is 0.400. The topological polar surface area (TPSA) is 83.5 Å². The molecular weight excluding hydrogens is 290 g/mol. The van der Waals surface area contributed by atoms with Crippen LogP contribution in [0, 0.1) is 0 Å². The molecule has 1 amide bonds. The van der Waals surface area contributed by atoms with Gasteiger partial charge in [0.2, 0.25) is 5.91 Å². The van der Waals surface area contributed by atoms with Crippen molar-refractivity contribution in [2.45, 2.75) is 25.8 Å². The van der Waals surface area contributed by atoms with Gasteiger partial charge in [-0.1, -0.05) is 37.3 Å². The number of aliphatic carboxylic acids is 1. The number of thioether (sulfide) groups is 1. The average molecular weight is 309 g/mol. The van der Waals surface area contributed by atoms with Crippen LogP contribution < -0.4 is 5.32 Å². The van der Waals surface area contributed by atoms with Crippen molar-refractivity contribution >= 4 is 29.4 Å². The van der Waals surface area contributed by atoms with Crippen LogP contribution in [0.2, 0.25) is 0 Å². The van der Waals surface area contributed by atoms with Crippen molar-refractivity contribution in [3.63, 3.8) is 0 Å². The number of ketones is 1. The Kier molecular flexibility index (Phi) is 6.42. The molecule has 0 fully saturated rings. The third-order valence-electron chi connectivity index (χ3n) is 3.16. The minimum absolute atomic E-state index is 0.0510. The Labute approximate surface area is 128 Å². The second-order valence-corrected chi connectivity index (χ2v) is 5.81. The first-order valence-corrected chi connectivity index (χ1v) is 7.75. The summed E-state index contributed by atoms with van der Waals surface area (Å²) in [6.45, 7) is 3.16. The summed E-state index contributed by atoms with van der Waals surface area (Å²) in [7, 11) is 0. The molecular formula is C15H19NO4S. The lowest BCUT2D eigenvalue weighted by Crippen LogP contribution is -2.52. The molecule has 1 atom stereocenters. The number of amides is 1. The third-order valence-corrected chi connectivity index (χ3v) is 4.09. The zero-order valence-corrected chi connectivity index (χ0v) is 12.9. The number of carboxylic acid groups (broad SMARTS) is 1. The quantitative estimate of drug-likeness (QED) is 0.717. The van der Waals surface area contributed by atoms with Crippen molar-refractivity contribution in [1.29, 1.82) is 0 Å². The zero-order chi connectivity index (χ0) is 15.9. The van der Waals surface area contributed by atoms with Gasteiger partial charge < -0.3 is 10.4 Å². The first-order valence-electron chi connectivity index (χ1n) is 6.59. The first kappa shape index (κ1) is 17.2. The predicted octanol–water partition coefficient (Wildman–Crippen LogP) is 1.97. The molecule has 0 aliphatic carbocycles. The number of hydrogen-bond donors (Lipinski definition) is 2. The van der Waals surface area contributed by atoms with E-state index >= 15 is 0 Å². The Hall–Kier alpha value is -1.82. The van der Waals surface area contributed by atoms with E-state index < -0.39 is 11.5 Å². The fourth-order valence-electron chi connectivity index (χ4n) is 1.58. The molecule has 0 saturated heterocycles. The van der Waals surface area contributed by atoms with E-state index in [0.29, 0.717) is 12.0 Å². The molecule has 114 valence electrons. The van der Waals surface area contributed by atoms with Crippen LogP contribution in [-0.4, -0.2) is 39.8 Å². The van der Waals surface area contributed by atoms with Crippen molar-refractivity contribution in [2.24, 2.45) is 0 Å².